The maximum Gasteiger partial charge on any atom is 0.335 e. The molecule has 0 radical (unpaired) electrons. The van der Waals surface area contributed by atoms with Crippen molar-refractivity contribution in [2.75, 3.05) is 0 Å². The summed E-state index contributed by atoms with van der Waals surface area (Å²) < 4.78 is 0.887. The lowest BCUT2D eigenvalue weighted by molar-refractivity contribution is 0.0697. The van der Waals surface area contributed by atoms with Gasteiger partial charge in [0.2, 0.25) is 0 Å². The summed E-state index contributed by atoms with van der Waals surface area (Å²) in [4.78, 5) is 10.3. The minimum atomic E-state index is -0.896. The van der Waals surface area contributed by atoms with Gasteiger partial charge in [-0.2, -0.15) is 0 Å². The average molecular weight is 231 g/mol. The minimum Gasteiger partial charge on any atom is -0.478 e. The van der Waals surface area contributed by atoms with Crippen LogP contribution >= 0.6 is 15.9 Å². The van der Waals surface area contributed by atoms with Gasteiger partial charge in [-0.15, -0.1) is 0 Å². The third-order valence-corrected chi connectivity index (χ3v) is 1.62. The zero-order valence-corrected chi connectivity index (χ0v) is 8.63. The maximum atomic E-state index is 10.3. The van der Waals surface area contributed by atoms with Crippen LogP contribution in [-0.4, -0.2) is 11.1 Å². The standard InChI is InChI=1S/C7H5BrO2.C2H6/c8-6-3-1-5(2-4-6)7(9)10;1-2/h1-4H,(H,9,10);1-2H3. The van der Waals surface area contributed by atoms with Crippen molar-refractivity contribution in [1.29, 1.82) is 0 Å². The molecule has 0 unspecified atom stereocenters. The number of rotatable bonds is 1. The number of hydrogen-bond donors (Lipinski definition) is 1. The maximum absolute atomic E-state index is 10.3. The summed E-state index contributed by atoms with van der Waals surface area (Å²) in [5.74, 6) is -0.896. The molecule has 12 heavy (non-hydrogen) atoms. The zero-order chi connectivity index (χ0) is 9.56. The van der Waals surface area contributed by atoms with Gasteiger partial charge in [0, 0.05) is 4.47 Å². The molecular weight excluding hydrogens is 220 g/mol. The van der Waals surface area contributed by atoms with Crippen molar-refractivity contribution < 1.29 is 9.90 Å². The van der Waals surface area contributed by atoms with E-state index in [1.165, 1.54) is 0 Å². The molecule has 1 aromatic carbocycles. The fourth-order valence-corrected chi connectivity index (χ4v) is 0.857. The molecule has 0 atom stereocenters. The number of carboxylic acid groups (broad SMARTS) is 1. The van der Waals surface area contributed by atoms with Gasteiger partial charge in [0.15, 0.2) is 0 Å². The van der Waals surface area contributed by atoms with E-state index in [0.717, 1.165) is 4.47 Å². The highest BCUT2D eigenvalue weighted by atomic mass is 79.9. The van der Waals surface area contributed by atoms with Crippen LogP contribution < -0.4 is 0 Å². The second-order valence-electron chi connectivity index (χ2n) is 1.81. The van der Waals surface area contributed by atoms with Crippen LogP contribution in [0.25, 0.3) is 0 Å². The Morgan fingerprint density at radius 2 is 1.67 bits per heavy atom. The lowest BCUT2D eigenvalue weighted by atomic mass is 10.2. The predicted octanol–water partition coefficient (Wildman–Crippen LogP) is 3.17. The van der Waals surface area contributed by atoms with E-state index in [0.29, 0.717) is 5.56 Å². The van der Waals surface area contributed by atoms with Gasteiger partial charge in [-0.25, -0.2) is 4.79 Å². The minimum absolute atomic E-state index is 0.309. The Morgan fingerprint density at radius 1 is 1.25 bits per heavy atom. The Balaban J connectivity index is 0.000000561. The SMILES string of the molecule is CC.O=C(O)c1ccc(Br)cc1. The molecule has 3 heteroatoms. The average Bonchev–Trinajstić information content (AvgIpc) is 2.09. The quantitative estimate of drug-likeness (QED) is 0.805. The van der Waals surface area contributed by atoms with Gasteiger partial charge in [-0.05, 0) is 24.3 Å². The van der Waals surface area contributed by atoms with E-state index in [9.17, 15) is 4.79 Å². The van der Waals surface area contributed by atoms with Gasteiger partial charge in [0.25, 0.3) is 0 Å². The molecule has 0 saturated carbocycles. The van der Waals surface area contributed by atoms with Crippen LogP contribution in [0.2, 0.25) is 0 Å². The largest absolute Gasteiger partial charge is 0.478 e. The third-order valence-electron chi connectivity index (χ3n) is 1.09. The van der Waals surface area contributed by atoms with Crippen molar-refractivity contribution in [3.8, 4) is 0 Å². The smallest absolute Gasteiger partial charge is 0.335 e. The first-order valence-electron chi connectivity index (χ1n) is 3.69. The van der Waals surface area contributed by atoms with Gasteiger partial charge < -0.3 is 5.11 Å². The summed E-state index contributed by atoms with van der Waals surface area (Å²) in [5.41, 5.74) is 0.309. The van der Waals surface area contributed by atoms with E-state index in [1.807, 2.05) is 13.8 Å². The Kier molecular flexibility index (Phi) is 5.37. The van der Waals surface area contributed by atoms with E-state index in [1.54, 1.807) is 24.3 Å². The number of halogens is 1. The molecule has 0 aromatic heterocycles. The summed E-state index contributed by atoms with van der Waals surface area (Å²) in [6, 6.07) is 6.49. The van der Waals surface area contributed by atoms with Crippen molar-refractivity contribution >= 4 is 21.9 Å². The van der Waals surface area contributed by atoms with Gasteiger partial charge in [-0.3, -0.25) is 0 Å². The van der Waals surface area contributed by atoms with Crippen molar-refractivity contribution in [2.45, 2.75) is 13.8 Å². The summed E-state index contributed by atoms with van der Waals surface area (Å²) in [6.45, 7) is 4.00. The first kappa shape index (κ1) is 11.2. The molecule has 66 valence electrons. The second kappa shape index (κ2) is 5.77. The van der Waals surface area contributed by atoms with Crippen LogP contribution in [0.3, 0.4) is 0 Å². The van der Waals surface area contributed by atoms with Crippen LogP contribution in [0.4, 0.5) is 0 Å². The van der Waals surface area contributed by atoms with Crippen LogP contribution in [0.1, 0.15) is 24.2 Å². The summed E-state index contributed by atoms with van der Waals surface area (Å²) in [6.07, 6.45) is 0. The molecule has 1 rings (SSSR count). The van der Waals surface area contributed by atoms with Gasteiger partial charge in [0.1, 0.15) is 0 Å². The molecule has 0 saturated heterocycles. The molecule has 0 bridgehead atoms. The zero-order valence-electron chi connectivity index (χ0n) is 7.04. The first-order valence-corrected chi connectivity index (χ1v) is 4.48. The molecule has 0 aliphatic carbocycles. The molecule has 0 amide bonds. The predicted molar refractivity (Wildman–Crippen MR) is 52.4 cm³/mol. The Morgan fingerprint density at radius 3 is 2.00 bits per heavy atom. The normalized spacial score (nSPS) is 8.25. The fraction of sp³-hybridized carbons (Fsp3) is 0.222. The molecule has 0 spiro atoms. The van der Waals surface area contributed by atoms with Gasteiger partial charge >= 0.3 is 5.97 Å². The number of hydrogen-bond acceptors (Lipinski definition) is 1. The fourth-order valence-electron chi connectivity index (χ4n) is 0.592. The summed E-state index contributed by atoms with van der Waals surface area (Å²) in [7, 11) is 0. The Labute approximate surface area is 80.4 Å². The molecule has 1 N–H and O–H groups in total. The van der Waals surface area contributed by atoms with Crippen LogP contribution in [0.5, 0.6) is 0 Å². The van der Waals surface area contributed by atoms with Gasteiger partial charge in [0.05, 0.1) is 5.56 Å². The lowest BCUT2D eigenvalue weighted by Crippen LogP contribution is -1.94. The van der Waals surface area contributed by atoms with Crippen molar-refractivity contribution in [3.63, 3.8) is 0 Å². The van der Waals surface area contributed by atoms with Crippen molar-refractivity contribution in [3.05, 3.63) is 34.3 Å². The van der Waals surface area contributed by atoms with E-state index < -0.39 is 5.97 Å². The number of carbonyl (C=O) groups is 1. The van der Waals surface area contributed by atoms with Crippen LogP contribution in [0, 0.1) is 0 Å². The highest BCUT2D eigenvalue weighted by molar-refractivity contribution is 9.10. The Bertz CT molecular complexity index is 241. The van der Waals surface area contributed by atoms with Crippen LogP contribution in [0.15, 0.2) is 28.7 Å². The highest BCUT2D eigenvalue weighted by Gasteiger charge is 1.98. The summed E-state index contributed by atoms with van der Waals surface area (Å²) in [5, 5.41) is 8.46. The van der Waals surface area contributed by atoms with Gasteiger partial charge in [-0.1, -0.05) is 29.8 Å². The monoisotopic (exact) mass is 230 g/mol. The molecule has 0 aliphatic heterocycles. The molecular formula is C9H11BrO2. The topological polar surface area (TPSA) is 37.3 Å². The van der Waals surface area contributed by atoms with E-state index in [4.69, 9.17) is 5.11 Å². The molecule has 1 aromatic rings. The van der Waals surface area contributed by atoms with Crippen molar-refractivity contribution in [1.82, 2.24) is 0 Å². The van der Waals surface area contributed by atoms with Crippen LogP contribution in [-0.2, 0) is 0 Å². The van der Waals surface area contributed by atoms with Crippen molar-refractivity contribution in [2.24, 2.45) is 0 Å². The number of carboxylic acids is 1. The number of aromatic carboxylic acids is 1. The third kappa shape index (κ3) is 3.53. The summed E-state index contributed by atoms with van der Waals surface area (Å²) >= 11 is 3.20. The second-order valence-corrected chi connectivity index (χ2v) is 2.73. The highest BCUT2D eigenvalue weighted by Crippen LogP contribution is 2.09. The molecule has 0 fully saturated rings. The van der Waals surface area contributed by atoms with E-state index >= 15 is 0 Å². The molecule has 2 nitrogen and oxygen atoms in total. The van der Waals surface area contributed by atoms with E-state index in [-0.39, 0.29) is 0 Å². The number of benzene rings is 1. The molecule has 0 heterocycles. The van der Waals surface area contributed by atoms with E-state index in [2.05, 4.69) is 15.9 Å². The Hall–Kier alpha value is -0.830. The lowest BCUT2D eigenvalue weighted by Gasteiger charge is -1.91. The molecule has 0 aliphatic rings. The first-order chi connectivity index (χ1) is 5.70.